The first-order valence-electron chi connectivity index (χ1n) is 7.62. The lowest BCUT2D eigenvalue weighted by molar-refractivity contribution is -0.127. The van der Waals surface area contributed by atoms with Gasteiger partial charge in [-0.25, -0.2) is 0 Å². The van der Waals surface area contributed by atoms with Crippen molar-refractivity contribution in [1.29, 1.82) is 0 Å². The molecule has 6 heteroatoms. The molecule has 22 heavy (non-hydrogen) atoms. The van der Waals surface area contributed by atoms with Crippen LogP contribution < -0.4 is 4.90 Å². The van der Waals surface area contributed by atoms with Crippen molar-refractivity contribution >= 4 is 11.6 Å². The number of para-hydroxylation sites is 1. The van der Waals surface area contributed by atoms with Gasteiger partial charge in [0, 0.05) is 37.7 Å². The number of nitrogens with zero attached hydrogens (tertiary/aromatic N) is 2. The highest BCUT2D eigenvalue weighted by molar-refractivity contribution is 5.78. The summed E-state index contributed by atoms with van der Waals surface area (Å²) in [7, 11) is 0. The van der Waals surface area contributed by atoms with Gasteiger partial charge in [0.25, 0.3) is 0 Å². The Balaban J connectivity index is 1.69. The fraction of sp³-hybridized carbons (Fsp3) is 0.562. The summed E-state index contributed by atoms with van der Waals surface area (Å²) in [6.07, 6.45) is -1.99. The summed E-state index contributed by atoms with van der Waals surface area (Å²) in [5.41, 5.74) is 1.65. The van der Waals surface area contributed by atoms with Crippen LogP contribution in [0.5, 0.6) is 0 Å². The molecule has 2 aliphatic rings. The normalized spacial score (nSPS) is 21.6. The third-order valence-electron chi connectivity index (χ3n) is 4.45. The van der Waals surface area contributed by atoms with E-state index in [0.29, 0.717) is 25.2 Å². The fourth-order valence-electron chi connectivity index (χ4n) is 3.45. The monoisotopic (exact) mass is 312 g/mol. The van der Waals surface area contributed by atoms with Gasteiger partial charge in [0.1, 0.15) is 6.54 Å². The standard InChI is InChI=1S/C16H19F3N2O/c17-16(18,19)11-21-10-12(13-4-1-2-5-14(13)21)7-9-20-8-3-6-15(20)22/h1-2,4-5,12H,3,6-11H2/t12-/m0/s1. The largest absolute Gasteiger partial charge is 0.405 e. The molecule has 1 aromatic rings. The fourth-order valence-corrected chi connectivity index (χ4v) is 3.45. The van der Waals surface area contributed by atoms with Crippen molar-refractivity contribution < 1.29 is 18.0 Å². The quantitative estimate of drug-likeness (QED) is 0.852. The molecule has 120 valence electrons. The summed E-state index contributed by atoms with van der Waals surface area (Å²) in [6, 6.07) is 7.29. The molecule has 2 heterocycles. The van der Waals surface area contributed by atoms with E-state index in [9.17, 15) is 18.0 Å². The van der Waals surface area contributed by atoms with Gasteiger partial charge in [0.2, 0.25) is 5.91 Å². The van der Waals surface area contributed by atoms with Crippen LogP contribution in [0.3, 0.4) is 0 Å². The minimum Gasteiger partial charge on any atom is -0.362 e. The van der Waals surface area contributed by atoms with Gasteiger partial charge in [-0.2, -0.15) is 13.2 Å². The maximum absolute atomic E-state index is 12.7. The lowest BCUT2D eigenvalue weighted by Gasteiger charge is -2.22. The van der Waals surface area contributed by atoms with E-state index < -0.39 is 12.7 Å². The summed E-state index contributed by atoms with van der Waals surface area (Å²) in [5, 5.41) is 0. The number of hydrogen-bond acceptors (Lipinski definition) is 2. The number of fused-ring (bicyclic) bond motifs is 1. The predicted molar refractivity (Wildman–Crippen MR) is 77.9 cm³/mol. The van der Waals surface area contributed by atoms with E-state index in [2.05, 4.69) is 0 Å². The van der Waals surface area contributed by atoms with Crippen LogP contribution in [0.4, 0.5) is 18.9 Å². The Morgan fingerprint density at radius 2 is 1.95 bits per heavy atom. The summed E-state index contributed by atoms with van der Waals surface area (Å²) >= 11 is 0. The number of halogens is 3. The first kappa shape index (κ1) is 15.2. The van der Waals surface area contributed by atoms with Crippen molar-refractivity contribution in [3.63, 3.8) is 0 Å². The average Bonchev–Trinajstić information content (AvgIpc) is 3.00. The van der Waals surface area contributed by atoms with E-state index >= 15 is 0 Å². The molecule has 1 amide bonds. The molecular weight excluding hydrogens is 293 g/mol. The van der Waals surface area contributed by atoms with Crippen molar-refractivity contribution in [3.05, 3.63) is 29.8 Å². The van der Waals surface area contributed by atoms with Gasteiger partial charge >= 0.3 is 6.18 Å². The number of carbonyl (C=O) groups excluding carboxylic acids is 1. The van der Waals surface area contributed by atoms with Crippen molar-refractivity contribution in [2.75, 3.05) is 31.1 Å². The molecule has 1 fully saturated rings. The first-order valence-corrected chi connectivity index (χ1v) is 7.62. The molecule has 3 rings (SSSR count). The maximum Gasteiger partial charge on any atom is 0.405 e. The van der Waals surface area contributed by atoms with E-state index in [0.717, 1.165) is 24.9 Å². The van der Waals surface area contributed by atoms with Crippen LogP contribution in [0.1, 0.15) is 30.7 Å². The second kappa shape index (κ2) is 5.82. The van der Waals surface area contributed by atoms with Crippen LogP contribution in [-0.4, -0.2) is 43.2 Å². The van der Waals surface area contributed by atoms with Gasteiger partial charge in [-0.1, -0.05) is 18.2 Å². The lowest BCUT2D eigenvalue weighted by Crippen LogP contribution is -2.34. The molecule has 0 spiro atoms. The summed E-state index contributed by atoms with van der Waals surface area (Å²) in [4.78, 5) is 14.9. The van der Waals surface area contributed by atoms with E-state index in [1.54, 1.807) is 12.1 Å². The number of anilines is 1. The summed E-state index contributed by atoms with van der Waals surface area (Å²) < 4.78 is 38.2. The van der Waals surface area contributed by atoms with E-state index in [1.807, 2.05) is 17.0 Å². The van der Waals surface area contributed by atoms with Gasteiger partial charge in [0.05, 0.1) is 0 Å². The second-order valence-corrected chi connectivity index (χ2v) is 6.02. The topological polar surface area (TPSA) is 23.6 Å². The van der Waals surface area contributed by atoms with Gasteiger partial charge in [-0.15, -0.1) is 0 Å². The van der Waals surface area contributed by atoms with Crippen LogP contribution in [0.25, 0.3) is 0 Å². The minimum absolute atomic E-state index is 0.0620. The molecule has 0 unspecified atom stereocenters. The molecule has 0 bridgehead atoms. The van der Waals surface area contributed by atoms with Crippen molar-refractivity contribution in [3.8, 4) is 0 Å². The molecule has 0 N–H and O–H groups in total. The van der Waals surface area contributed by atoms with Gasteiger partial charge in [-0.05, 0) is 24.5 Å². The Labute approximate surface area is 127 Å². The van der Waals surface area contributed by atoms with Crippen LogP contribution in [0, 0.1) is 0 Å². The first-order chi connectivity index (χ1) is 10.4. The summed E-state index contributed by atoms with van der Waals surface area (Å²) in [6.45, 7) is 0.876. The number of benzene rings is 1. The molecular formula is C16H19F3N2O. The number of rotatable bonds is 4. The Bertz CT molecular complexity index is 559. The van der Waals surface area contributed by atoms with Crippen molar-refractivity contribution in [1.82, 2.24) is 4.90 Å². The number of alkyl halides is 3. The number of hydrogen-bond donors (Lipinski definition) is 0. The molecule has 0 saturated carbocycles. The number of likely N-dealkylation sites (tertiary alicyclic amines) is 1. The zero-order valence-electron chi connectivity index (χ0n) is 12.3. The molecule has 0 aliphatic carbocycles. The van der Waals surface area contributed by atoms with Crippen LogP contribution >= 0.6 is 0 Å². The molecule has 1 saturated heterocycles. The molecule has 1 aromatic carbocycles. The van der Waals surface area contributed by atoms with Gasteiger partial charge in [-0.3, -0.25) is 4.79 Å². The van der Waals surface area contributed by atoms with E-state index in [4.69, 9.17) is 0 Å². The van der Waals surface area contributed by atoms with Crippen LogP contribution in [0.2, 0.25) is 0 Å². The van der Waals surface area contributed by atoms with Crippen LogP contribution in [0.15, 0.2) is 24.3 Å². The predicted octanol–water partition coefficient (Wildman–Crippen LogP) is 3.17. The zero-order chi connectivity index (χ0) is 15.7. The molecule has 0 radical (unpaired) electrons. The number of amides is 1. The zero-order valence-corrected chi connectivity index (χ0v) is 12.3. The van der Waals surface area contributed by atoms with Crippen molar-refractivity contribution in [2.24, 2.45) is 0 Å². The van der Waals surface area contributed by atoms with Crippen LogP contribution in [-0.2, 0) is 4.79 Å². The maximum atomic E-state index is 12.7. The highest BCUT2D eigenvalue weighted by Gasteiger charge is 2.37. The third kappa shape index (κ3) is 3.20. The average molecular weight is 312 g/mol. The Morgan fingerprint density at radius 3 is 2.64 bits per heavy atom. The highest BCUT2D eigenvalue weighted by atomic mass is 19.4. The Hall–Kier alpha value is -1.72. The third-order valence-corrected chi connectivity index (χ3v) is 4.45. The number of carbonyl (C=O) groups is 1. The SMILES string of the molecule is O=C1CCCN1CC[C@H]1CN(CC(F)(F)F)c2ccccc21. The smallest absolute Gasteiger partial charge is 0.362 e. The lowest BCUT2D eigenvalue weighted by atomic mass is 9.98. The van der Waals surface area contributed by atoms with Gasteiger partial charge < -0.3 is 9.80 Å². The minimum atomic E-state index is -4.20. The van der Waals surface area contributed by atoms with Gasteiger partial charge in [0.15, 0.2) is 0 Å². The molecule has 3 nitrogen and oxygen atoms in total. The van der Waals surface area contributed by atoms with E-state index in [1.165, 1.54) is 4.90 Å². The van der Waals surface area contributed by atoms with E-state index in [-0.39, 0.29) is 11.8 Å². The highest BCUT2D eigenvalue weighted by Crippen LogP contribution is 2.39. The molecule has 2 aliphatic heterocycles. The Kier molecular flexibility index (Phi) is 4.02. The Morgan fingerprint density at radius 1 is 1.18 bits per heavy atom. The second-order valence-electron chi connectivity index (χ2n) is 6.02. The summed E-state index contributed by atoms with van der Waals surface area (Å²) in [5.74, 6) is 0.227. The molecule has 1 atom stereocenters. The van der Waals surface area contributed by atoms with Crippen molar-refractivity contribution in [2.45, 2.75) is 31.4 Å². The molecule has 0 aromatic heterocycles.